The first-order chi connectivity index (χ1) is 5.00. The molecule has 0 aliphatic rings. The minimum atomic E-state index is -4.42. The van der Waals surface area contributed by atoms with Crippen molar-refractivity contribution in [1.29, 1.82) is 0 Å². The van der Waals surface area contributed by atoms with Crippen LogP contribution in [0.15, 0.2) is 23.4 Å². The Kier molecular flexibility index (Phi) is 1.79. The van der Waals surface area contributed by atoms with Gasteiger partial charge >= 0.3 is 0 Å². The van der Waals surface area contributed by atoms with Crippen LogP contribution >= 0.6 is 0 Å². The van der Waals surface area contributed by atoms with Gasteiger partial charge in [-0.15, -0.1) is 0 Å². The third-order valence-corrected chi connectivity index (χ3v) is 1.82. The Balaban J connectivity index is 3.28. The number of anilines is 1. The quantitative estimate of drug-likeness (QED) is 0.581. The van der Waals surface area contributed by atoms with Crippen molar-refractivity contribution in [3.05, 3.63) is 18.5 Å². The molecule has 0 radical (unpaired) electrons. The first-order valence-electron chi connectivity index (χ1n) is 2.66. The monoisotopic (exact) mass is 173 g/mol. The van der Waals surface area contributed by atoms with Gasteiger partial charge in [-0.2, -0.15) is 0 Å². The van der Waals surface area contributed by atoms with Gasteiger partial charge in [0, 0.05) is 12.4 Å². The molecule has 0 amide bonds. The standard InChI is InChI=1S/C5H6N2O3S/c6-4-1-5(3-7-2-4)11(8,9)10/h1-3H,6H2,(H,8,9,10)/p-1. The van der Waals surface area contributed by atoms with E-state index in [1.807, 2.05) is 0 Å². The average molecular weight is 173 g/mol. The zero-order chi connectivity index (χ0) is 8.48. The molecule has 0 atom stereocenters. The molecule has 2 N–H and O–H groups in total. The van der Waals surface area contributed by atoms with E-state index in [4.69, 9.17) is 5.73 Å². The predicted molar refractivity (Wildman–Crippen MR) is 36.6 cm³/mol. The van der Waals surface area contributed by atoms with Crippen LogP contribution in [0.3, 0.4) is 0 Å². The summed E-state index contributed by atoms with van der Waals surface area (Å²) in [5.74, 6) is 0. The van der Waals surface area contributed by atoms with Crippen molar-refractivity contribution in [1.82, 2.24) is 4.98 Å². The van der Waals surface area contributed by atoms with Crippen molar-refractivity contribution in [3.8, 4) is 0 Å². The Morgan fingerprint density at radius 2 is 2.09 bits per heavy atom. The van der Waals surface area contributed by atoms with E-state index in [0.29, 0.717) is 0 Å². The van der Waals surface area contributed by atoms with Gasteiger partial charge in [-0.3, -0.25) is 4.98 Å². The minimum absolute atomic E-state index is 0.155. The number of rotatable bonds is 1. The molecule has 1 heterocycles. The number of nitrogen functional groups attached to an aromatic ring is 1. The van der Waals surface area contributed by atoms with Crippen molar-refractivity contribution in [2.24, 2.45) is 0 Å². The van der Waals surface area contributed by atoms with E-state index in [2.05, 4.69) is 4.98 Å². The summed E-state index contributed by atoms with van der Waals surface area (Å²) in [6, 6.07) is 1.06. The average Bonchev–Trinajstić information content (AvgIpc) is 1.86. The number of nitrogens with zero attached hydrogens (tertiary/aromatic N) is 1. The Hall–Kier alpha value is -1.14. The van der Waals surface area contributed by atoms with Gasteiger partial charge in [-0.25, -0.2) is 8.42 Å². The zero-order valence-electron chi connectivity index (χ0n) is 5.39. The van der Waals surface area contributed by atoms with Gasteiger partial charge in [0.05, 0.1) is 10.6 Å². The number of aromatic nitrogens is 1. The summed E-state index contributed by atoms with van der Waals surface area (Å²) in [6.07, 6.45) is 2.22. The molecule has 0 fully saturated rings. The van der Waals surface area contributed by atoms with Crippen LogP contribution in [-0.2, 0) is 10.1 Å². The maximum atomic E-state index is 10.3. The third-order valence-electron chi connectivity index (χ3n) is 1.02. The number of hydrogen-bond acceptors (Lipinski definition) is 5. The highest BCUT2D eigenvalue weighted by Gasteiger charge is 2.00. The van der Waals surface area contributed by atoms with E-state index in [1.54, 1.807) is 0 Å². The fourth-order valence-electron chi connectivity index (χ4n) is 0.572. The molecule has 11 heavy (non-hydrogen) atoms. The fraction of sp³-hybridized carbons (Fsp3) is 0. The Bertz CT molecular complexity index is 360. The molecule has 1 aromatic heterocycles. The van der Waals surface area contributed by atoms with Crippen LogP contribution in [0, 0.1) is 0 Å². The molecule has 0 unspecified atom stereocenters. The number of nitrogens with two attached hydrogens (primary N) is 1. The van der Waals surface area contributed by atoms with E-state index < -0.39 is 15.0 Å². The van der Waals surface area contributed by atoms with Gasteiger partial charge in [-0.1, -0.05) is 0 Å². The lowest BCUT2D eigenvalue weighted by Gasteiger charge is -2.05. The van der Waals surface area contributed by atoms with Gasteiger partial charge in [-0.05, 0) is 6.07 Å². The van der Waals surface area contributed by atoms with E-state index in [-0.39, 0.29) is 5.69 Å². The molecule has 0 aliphatic carbocycles. The second kappa shape index (κ2) is 2.48. The molecule has 0 aliphatic heterocycles. The summed E-state index contributed by atoms with van der Waals surface area (Å²) in [7, 11) is -4.42. The second-order valence-electron chi connectivity index (χ2n) is 1.91. The molecule has 1 rings (SSSR count). The smallest absolute Gasteiger partial charge is 0.126 e. The molecule has 60 valence electrons. The third kappa shape index (κ3) is 1.89. The Morgan fingerprint density at radius 1 is 1.45 bits per heavy atom. The van der Waals surface area contributed by atoms with Crippen LogP contribution in [0.2, 0.25) is 0 Å². The van der Waals surface area contributed by atoms with Crippen LogP contribution in [0.5, 0.6) is 0 Å². The normalized spacial score (nSPS) is 11.4. The lowest BCUT2D eigenvalue weighted by Crippen LogP contribution is -2.00. The molecule has 0 aromatic carbocycles. The van der Waals surface area contributed by atoms with Crippen molar-refractivity contribution in [3.63, 3.8) is 0 Å². The van der Waals surface area contributed by atoms with E-state index in [9.17, 15) is 13.0 Å². The maximum absolute atomic E-state index is 10.3. The van der Waals surface area contributed by atoms with Crippen LogP contribution in [0.1, 0.15) is 0 Å². The summed E-state index contributed by atoms with van der Waals surface area (Å²) < 4.78 is 31.0. The number of hydrogen-bond donors (Lipinski definition) is 1. The van der Waals surface area contributed by atoms with E-state index >= 15 is 0 Å². The largest absolute Gasteiger partial charge is 0.744 e. The number of pyridine rings is 1. The van der Waals surface area contributed by atoms with Gasteiger partial charge in [0.25, 0.3) is 0 Å². The molecule has 1 aromatic rings. The Labute approximate surface area is 63.6 Å². The highest BCUT2D eigenvalue weighted by atomic mass is 32.2. The highest BCUT2D eigenvalue weighted by molar-refractivity contribution is 7.85. The maximum Gasteiger partial charge on any atom is 0.126 e. The Morgan fingerprint density at radius 3 is 2.45 bits per heavy atom. The summed E-state index contributed by atoms with van der Waals surface area (Å²) in [4.78, 5) is 3.04. The topological polar surface area (TPSA) is 96.1 Å². The lowest BCUT2D eigenvalue weighted by molar-refractivity contribution is 0.462. The first-order valence-corrected chi connectivity index (χ1v) is 4.07. The van der Waals surface area contributed by atoms with Crippen LogP contribution < -0.4 is 5.73 Å². The summed E-state index contributed by atoms with van der Waals surface area (Å²) in [5, 5.41) is 0. The fourth-order valence-corrected chi connectivity index (χ4v) is 1.04. The predicted octanol–water partition coefficient (Wildman–Crippen LogP) is -0.432. The summed E-state index contributed by atoms with van der Waals surface area (Å²) in [5.41, 5.74) is 5.34. The van der Waals surface area contributed by atoms with Crippen LogP contribution in [0.25, 0.3) is 0 Å². The van der Waals surface area contributed by atoms with Crippen molar-refractivity contribution >= 4 is 15.8 Å². The van der Waals surface area contributed by atoms with Gasteiger partial charge in [0.2, 0.25) is 0 Å². The summed E-state index contributed by atoms with van der Waals surface area (Å²) in [6.45, 7) is 0. The molecule has 0 saturated heterocycles. The van der Waals surface area contributed by atoms with Crippen molar-refractivity contribution < 1.29 is 13.0 Å². The van der Waals surface area contributed by atoms with E-state index in [0.717, 1.165) is 12.3 Å². The van der Waals surface area contributed by atoms with Crippen molar-refractivity contribution in [2.75, 3.05) is 5.73 Å². The summed E-state index contributed by atoms with van der Waals surface area (Å²) >= 11 is 0. The molecular formula is C5H5N2O3S-. The molecular weight excluding hydrogens is 168 g/mol. The highest BCUT2D eigenvalue weighted by Crippen LogP contribution is 2.09. The minimum Gasteiger partial charge on any atom is -0.744 e. The molecule has 0 spiro atoms. The second-order valence-corrected chi connectivity index (χ2v) is 3.29. The molecule has 0 saturated carbocycles. The molecule has 6 heteroatoms. The lowest BCUT2D eigenvalue weighted by atomic mass is 10.4. The van der Waals surface area contributed by atoms with E-state index in [1.165, 1.54) is 6.20 Å². The van der Waals surface area contributed by atoms with Crippen molar-refractivity contribution in [2.45, 2.75) is 4.90 Å². The zero-order valence-corrected chi connectivity index (χ0v) is 6.21. The van der Waals surface area contributed by atoms with Gasteiger partial charge in [0.15, 0.2) is 0 Å². The van der Waals surface area contributed by atoms with Crippen LogP contribution in [0.4, 0.5) is 5.69 Å². The molecule has 0 bridgehead atoms. The van der Waals surface area contributed by atoms with Gasteiger partial charge < -0.3 is 10.3 Å². The van der Waals surface area contributed by atoms with Crippen LogP contribution in [-0.4, -0.2) is 18.0 Å². The molecule has 5 nitrogen and oxygen atoms in total. The first kappa shape index (κ1) is 7.96. The van der Waals surface area contributed by atoms with Gasteiger partial charge in [0.1, 0.15) is 10.1 Å². The SMILES string of the molecule is Nc1cncc(S(=O)(=O)[O-])c1.